The van der Waals surface area contributed by atoms with Gasteiger partial charge in [0.1, 0.15) is 22.9 Å². The van der Waals surface area contributed by atoms with Crippen molar-refractivity contribution in [1.82, 2.24) is 0 Å². The van der Waals surface area contributed by atoms with Crippen LogP contribution in [0.25, 0.3) is 22.3 Å². The molecule has 0 saturated heterocycles. The SMILES string of the molecule is CCN(CC)c1c([N+](=O)[O-])ccc(Oc2ccc([N+](=O)[O-])c(N(CC)CC)c2-c2ccc(C(F)(F)F)cc2Br)c1-c1ccc(C(F)(F)F)cc1Br. The van der Waals surface area contributed by atoms with E-state index in [-0.39, 0.29) is 91.6 Å². The van der Waals surface area contributed by atoms with Crippen LogP contribution in [0.1, 0.15) is 38.8 Å². The summed E-state index contributed by atoms with van der Waals surface area (Å²) < 4.78 is 88.4. The van der Waals surface area contributed by atoms with E-state index >= 15 is 0 Å². The smallest absolute Gasteiger partial charge is 0.416 e. The Labute approximate surface area is 305 Å². The summed E-state index contributed by atoms with van der Waals surface area (Å²) in [7, 11) is 0. The molecule has 0 bridgehead atoms. The molecule has 0 amide bonds. The quantitative estimate of drug-likeness (QED) is 0.0795. The lowest BCUT2D eigenvalue weighted by molar-refractivity contribution is -0.384. The highest BCUT2D eigenvalue weighted by Crippen LogP contribution is 2.53. The van der Waals surface area contributed by atoms with Gasteiger partial charge in [-0.3, -0.25) is 20.2 Å². The second-order valence-corrected chi connectivity index (χ2v) is 12.7. The van der Waals surface area contributed by atoms with Gasteiger partial charge in [-0.2, -0.15) is 26.3 Å². The summed E-state index contributed by atoms with van der Waals surface area (Å²) in [5.74, 6) is -0.154. The number of anilines is 2. The number of alkyl halides is 6. The maximum absolute atomic E-state index is 13.7. The van der Waals surface area contributed by atoms with Gasteiger partial charge in [-0.1, -0.05) is 44.0 Å². The fourth-order valence-electron chi connectivity index (χ4n) is 5.74. The first-order chi connectivity index (χ1) is 23.9. The summed E-state index contributed by atoms with van der Waals surface area (Å²) in [5.41, 5.74) is -2.36. The highest BCUT2D eigenvalue weighted by atomic mass is 79.9. The van der Waals surface area contributed by atoms with Crippen molar-refractivity contribution in [2.45, 2.75) is 40.0 Å². The van der Waals surface area contributed by atoms with E-state index in [1.807, 2.05) is 0 Å². The molecule has 0 unspecified atom stereocenters. The lowest BCUT2D eigenvalue weighted by Gasteiger charge is -2.28. The number of benzene rings is 4. The number of hydrogen-bond acceptors (Lipinski definition) is 7. The monoisotopic (exact) mass is 846 g/mol. The van der Waals surface area contributed by atoms with Crippen LogP contribution in [0.3, 0.4) is 0 Å². The predicted molar refractivity (Wildman–Crippen MR) is 190 cm³/mol. The van der Waals surface area contributed by atoms with Crippen LogP contribution in [-0.4, -0.2) is 36.0 Å². The van der Waals surface area contributed by atoms with Gasteiger partial charge < -0.3 is 14.5 Å². The van der Waals surface area contributed by atoms with Crippen LogP contribution in [-0.2, 0) is 12.4 Å². The van der Waals surface area contributed by atoms with E-state index in [1.165, 1.54) is 24.3 Å². The average Bonchev–Trinajstić information content (AvgIpc) is 3.05. The Morgan fingerprint density at radius 1 is 0.608 bits per heavy atom. The first-order valence-electron chi connectivity index (χ1n) is 15.4. The number of rotatable bonds is 12. The van der Waals surface area contributed by atoms with Crippen molar-refractivity contribution in [2.24, 2.45) is 0 Å². The summed E-state index contributed by atoms with van der Waals surface area (Å²) in [6.07, 6.45) is -9.40. The van der Waals surface area contributed by atoms with Gasteiger partial charge in [0.2, 0.25) is 0 Å². The summed E-state index contributed by atoms with van der Waals surface area (Å²) in [6, 6.07) is 10.5. The summed E-state index contributed by atoms with van der Waals surface area (Å²) in [4.78, 5) is 26.7. The van der Waals surface area contributed by atoms with E-state index in [9.17, 15) is 46.6 Å². The molecule has 0 heterocycles. The van der Waals surface area contributed by atoms with Gasteiger partial charge in [-0.15, -0.1) is 0 Å². The van der Waals surface area contributed by atoms with Crippen molar-refractivity contribution in [3.63, 3.8) is 0 Å². The van der Waals surface area contributed by atoms with Gasteiger partial charge in [0.25, 0.3) is 11.4 Å². The van der Waals surface area contributed by atoms with E-state index in [2.05, 4.69) is 31.9 Å². The zero-order valence-corrected chi connectivity index (χ0v) is 30.6. The fourth-order valence-corrected chi connectivity index (χ4v) is 6.89. The van der Waals surface area contributed by atoms with Crippen LogP contribution in [0.15, 0.2) is 69.6 Å². The minimum absolute atomic E-state index is 0.0334. The van der Waals surface area contributed by atoms with Crippen molar-refractivity contribution < 1.29 is 40.9 Å². The first kappa shape index (κ1) is 39.4. The number of nitro benzene ring substituents is 2. The maximum Gasteiger partial charge on any atom is 0.416 e. The van der Waals surface area contributed by atoms with Crippen LogP contribution in [0, 0.1) is 20.2 Å². The zero-order valence-electron chi connectivity index (χ0n) is 27.5. The van der Waals surface area contributed by atoms with Crippen molar-refractivity contribution in [3.05, 3.63) is 101 Å². The normalized spacial score (nSPS) is 11.8. The molecule has 0 aliphatic rings. The largest absolute Gasteiger partial charge is 0.456 e. The highest BCUT2D eigenvalue weighted by molar-refractivity contribution is 9.11. The third kappa shape index (κ3) is 8.08. The third-order valence-electron chi connectivity index (χ3n) is 8.14. The molecular weight excluding hydrogens is 818 g/mol. The van der Waals surface area contributed by atoms with Crippen molar-refractivity contribution in [3.8, 4) is 33.8 Å². The molecule has 272 valence electrons. The molecule has 51 heavy (non-hydrogen) atoms. The first-order valence-corrected chi connectivity index (χ1v) is 17.0. The molecule has 0 aliphatic carbocycles. The number of nitrogens with zero attached hydrogens (tertiary/aromatic N) is 4. The molecule has 0 N–H and O–H groups in total. The second kappa shape index (κ2) is 15.5. The van der Waals surface area contributed by atoms with Gasteiger partial charge in [0.05, 0.1) is 32.1 Å². The Hall–Kier alpha value is -4.38. The molecule has 9 nitrogen and oxygen atoms in total. The molecule has 0 fully saturated rings. The molecule has 0 aliphatic heterocycles. The molecular formula is C34H30Br2F6N4O5. The molecule has 4 aromatic carbocycles. The fraction of sp³-hybridized carbons (Fsp3) is 0.294. The third-order valence-corrected chi connectivity index (χ3v) is 9.45. The Morgan fingerprint density at radius 3 is 1.20 bits per heavy atom. The second-order valence-electron chi connectivity index (χ2n) is 11.0. The lowest BCUT2D eigenvalue weighted by atomic mass is 9.97. The Bertz CT molecular complexity index is 1830. The van der Waals surface area contributed by atoms with Crippen LogP contribution in [0.5, 0.6) is 11.5 Å². The number of hydrogen-bond donors (Lipinski definition) is 0. The van der Waals surface area contributed by atoms with E-state index in [1.54, 1.807) is 37.5 Å². The predicted octanol–water partition coefficient (Wildman–Crippen LogP) is 11.9. The summed E-state index contributed by atoms with van der Waals surface area (Å²) >= 11 is 6.44. The standard InChI is InChI=1S/C34H30Br2F6N4O5/c1-5-43(6-2)31-25(45(47)48)13-15-27(29(31)21-11-9-19(17-23(21)35)33(37,38)39)51-28-16-14-26(46(49)50)32(44(7-3)8-4)30(28)22-12-10-20(18-24(22)36)34(40,41)42/h9-18H,5-8H2,1-4H3. The molecule has 0 aromatic heterocycles. The lowest BCUT2D eigenvalue weighted by Crippen LogP contribution is -2.24. The molecule has 0 spiro atoms. The molecule has 0 atom stereocenters. The highest BCUT2D eigenvalue weighted by Gasteiger charge is 2.35. The van der Waals surface area contributed by atoms with Crippen molar-refractivity contribution in [2.75, 3.05) is 36.0 Å². The zero-order chi connectivity index (χ0) is 38.0. The molecule has 0 radical (unpaired) electrons. The van der Waals surface area contributed by atoms with E-state index < -0.39 is 33.3 Å². The van der Waals surface area contributed by atoms with Gasteiger partial charge in [-0.05, 0) is 64.1 Å². The molecule has 4 aromatic rings. The van der Waals surface area contributed by atoms with Crippen molar-refractivity contribution in [1.29, 1.82) is 0 Å². The van der Waals surface area contributed by atoms with Crippen LogP contribution in [0.4, 0.5) is 49.1 Å². The Kier molecular flexibility index (Phi) is 12.0. The van der Waals surface area contributed by atoms with Crippen LogP contribution in [0.2, 0.25) is 0 Å². The maximum atomic E-state index is 13.7. The van der Waals surface area contributed by atoms with Gasteiger partial charge in [-0.25, -0.2) is 0 Å². The van der Waals surface area contributed by atoms with Crippen LogP contribution >= 0.6 is 31.9 Å². The van der Waals surface area contributed by atoms with Crippen molar-refractivity contribution >= 4 is 54.6 Å². The minimum Gasteiger partial charge on any atom is -0.456 e. The topological polar surface area (TPSA) is 102 Å². The molecule has 4 rings (SSSR count). The molecule has 17 heteroatoms. The van der Waals surface area contributed by atoms with E-state index in [4.69, 9.17) is 4.74 Å². The van der Waals surface area contributed by atoms with E-state index in [0.717, 1.165) is 36.4 Å². The number of halogens is 8. The Morgan fingerprint density at radius 2 is 0.941 bits per heavy atom. The summed E-state index contributed by atoms with van der Waals surface area (Å²) in [6.45, 7) is 7.94. The number of ether oxygens (including phenoxy) is 1. The van der Waals surface area contributed by atoms with Gasteiger partial charge >= 0.3 is 12.4 Å². The van der Waals surface area contributed by atoms with Crippen LogP contribution < -0.4 is 14.5 Å². The van der Waals surface area contributed by atoms with Gasteiger partial charge in [0.15, 0.2) is 0 Å². The van der Waals surface area contributed by atoms with E-state index in [0.29, 0.717) is 0 Å². The number of nitro groups is 2. The van der Waals surface area contributed by atoms with Gasteiger partial charge in [0, 0.05) is 58.4 Å². The average molecular weight is 848 g/mol. The minimum atomic E-state index is -4.70. The molecule has 0 saturated carbocycles. The Balaban J connectivity index is 2.16. The summed E-state index contributed by atoms with van der Waals surface area (Å²) in [5, 5.41) is 24.7.